The summed E-state index contributed by atoms with van der Waals surface area (Å²) in [5.41, 5.74) is 10.3. The summed E-state index contributed by atoms with van der Waals surface area (Å²) in [4.78, 5) is 4.39. The van der Waals surface area contributed by atoms with Gasteiger partial charge in [0.2, 0.25) is 0 Å². The molecule has 0 saturated carbocycles. The lowest BCUT2D eigenvalue weighted by Gasteiger charge is -2.13. The lowest BCUT2D eigenvalue weighted by molar-refractivity contribution is 1.29. The number of hydrogen-bond donors (Lipinski definition) is 1. The Balaban J connectivity index is 2.32. The highest BCUT2D eigenvalue weighted by Gasteiger charge is 2.17. The molecule has 2 N–H and O–H groups in total. The van der Waals surface area contributed by atoms with Gasteiger partial charge in [-0.05, 0) is 24.6 Å². The predicted molar refractivity (Wildman–Crippen MR) is 99.0 cm³/mol. The number of nitrogens with zero attached hydrogens (tertiary/aromatic N) is 2. The highest BCUT2D eigenvalue weighted by atomic mass is 35.5. The maximum atomic E-state index is 9.49. The van der Waals surface area contributed by atoms with E-state index in [9.17, 15) is 5.26 Å². The summed E-state index contributed by atoms with van der Waals surface area (Å²) in [6.45, 7) is 2.00. The van der Waals surface area contributed by atoms with Gasteiger partial charge >= 0.3 is 0 Å². The third kappa shape index (κ3) is 2.82. The third-order valence-corrected chi connectivity index (χ3v) is 4.64. The van der Waals surface area contributed by atoms with E-state index >= 15 is 0 Å². The van der Waals surface area contributed by atoms with Gasteiger partial charge in [-0.2, -0.15) is 5.26 Å². The first-order valence-corrected chi connectivity index (χ1v) is 7.99. The van der Waals surface area contributed by atoms with Crippen molar-refractivity contribution in [2.24, 2.45) is 0 Å². The molecule has 1 heterocycles. The van der Waals surface area contributed by atoms with Gasteiger partial charge in [0.05, 0.1) is 15.7 Å². The zero-order chi connectivity index (χ0) is 17.3. The summed E-state index contributed by atoms with van der Waals surface area (Å²) in [6.07, 6.45) is 0. The molecule has 0 radical (unpaired) electrons. The number of pyridine rings is 1. The minimum Gasteiger partial charge on any atom is -0.383 e. The van der Waals surface area contributed by atoms with Crippen LogP contribution in [0.25, 0.3) is 22.4 Å². The SMILES string of the molecule is Cc1ccccc1-c1cc(-c2cccc(Cl)c2Cl)c(C#N)c(N)n1. The number of aryl methyl sites for hydroxylation is 1. The molecule has 0 atom stereocenters. The fourth-order valence-corrected chi connectivity index (χ4v) is 3.01. The molecule has 0 aliphatic carbocycles. The smallest absolute Gasteiger partial charge is 0.142 e. The monoisotopic (exact) mass is 353 g/mol. The van der Waals surface area contributed by atoms with Gasteiger partial charge < -0.3 is 5.73 Å². The van der Waals surface area contributed by atoms with Crippen LogP contribution >= 0.6 is 23.2 Å². The zero-order valence-electron chi connectivity index (χ0n) is 12.8. The molecule has 118 valence electrons. The van der Waals surface area contributed by atoms with E-state index in [0.29, 0.717) is 26.9 Å². The average molecular weight is 354 g/mol. The van der Waals surface area contributed by atoms with E-state index in [1.54, 1.807) is 12.1 Å². The molecular weight excluding hydrogens is 341 g/mol. The van der Waals surface area contributed by atoms with Crippen molar-refractivity contribution in [1.82, 2.24) is 4.98 Å². The molecule has 3 aromatic rings. The van der Waals surface area contributed by atoms with Gasteiger partial charge in [-0.3, -0.25) is 0 Å². The van der Waals surface area contributed by atoms with Gasteiger partial charge in [-0.15, -0.1) is 0 Å². The van der Waals surface area contributed by atoms with Crippen molar-refractivity contribution in [2.75, 3.05) is 5.73 Å². The fraction of sp³-hybridized carbons (Fsp3) is 0.0526. The van der Waals surface area contributed by atoms with Gasteiger partial charge in [-0.1, -0.05) is 59.6 Å². The van der Waals surface area contributed by atoms with Crippen molar-refractivity contribution >= 4 is 29.0 Å². The summed E-state index contributed by atoms with van der Waals surface area (Å²) >= 11 is 12.5. The molecule has 1 aromatic heterocycles. The highest BCUT2D eigenvalue weighted by Crippen LogP contribution is 2.38. The summed E-state index contributed by atoms with van der Waals surface area (Å²) in [6, 6.07) is 17.1. The maximum absolute atomic E-state index is 9.49. The molecule has 0 unspecified atom stereocenters. The molecule has 2 aromatic carbocycles. The lowest BCUT2D eigenvalue weighted by atomic mass is 9.97. The molecule has 0 spiro atoms. The van der Waals surface area contributed by atoms with Crippen molar-refractivity contribution < 1.29 is 0 Å². The molecule has 3 nitrogen and oxygen atoms in total. The first-order valence-electron chi connectivity index (χ1n) is 7.24. The average Bonchev–Trinajstić information content (AvgIpc) is 2.57. The van der Waals surface area contributed by atoms with Gasteiger partial charge in [0, 0.05) is 16.7 Å². The largest absolute Gasteiger partial charge is 0.383 e. The predicted octanol–water partition coefficient (Wildman–Crippen LogP) is 5.48. The molecule has 0 aliphatic rings. The van der Waals surface area contributed by atoms with Crippen molar-refractivity contribution in [3.8, 4) is 28.5 Å². The zero-order valence-corrected chi connectivity index (χ0v) is 14.4. The summed E-state index contributed by atoms with van der Waals surface area (Å²) in [5, 5.41) is 10.3. The van der Waals surface area contributed by atoms with E-state index in [-0.39, 0.29) is 11.4 Å². The number of rotatable bonds is 2. The number of halogens is 2. The second-order valence-electron chi connectivity index (χ2n) is 5.34. The number of benzene rings is 2. The molecule has 3 rings (SSSR count). The van der Waals surface area contributed by atoms with Crippen molar-refractivity contribution in [3.63, 3.8) is 0 Å². The second-order valence-corrected chi connectivity index (χ2v) is 6.13. The van der Waals surface area contributed by atoms with E-state index in [4.69, 9.17) is 28.9 Å². The maximum Gasteiger partial charge on any atom is 0.142 e. The van der Waals surface area contributed by atoms with Crippen molar-refractivity contribution in [3.05, 3.63) is 69.7 Å². The van der Waals surface area contributed by atoms with Crippen LogP contribution in [-0.4, -0.2) is 4.98 Å². The van der Waals surface area contributed by atoms with Crippen LogP contribution in [0.4, 0.5) is 5.82 Å². The molecule has 0 saturated heterocycles. The van der Waals surface area contributed by atoms with Crippen LogP contribution in [0, 0.1) is 18.3 Å². The first kappa shape index (κ1) is 16.3. The van der Waals surface area contributed by atoms with Gasteiger partial charge in [-0.25, -0.2) is 4.98 Å². The van der Waals surface area contributed by atoms with Crippen molar-refractivity contribution in [1.29, 1.82) is 5.26 Å². The number of nitriles is 1. The fourth-order valence-electron chi connectivity index (χ4n) is 2.60. The summed E-state index contributed by atoms with van der Waals surface area (Å²) in [5.74, 6) is 0.171. The third-order valence-electron chi connectivity index (χ3n) is 3.82. The Morgan fingerprint density at radius 2 is 1.71 bits per heavy atom. The van der Waals surface area contributed by atoms with E-state index < -0.39 is 0 Å². The van der Waals surface area contributed by atoms with E-state index in [1.807, 2.05) is 43.3 Å². The molecule has 0 fully saturated rings. The Bertz CT molecular complexity index is 975. The quantitative estimate of drug-likeness (QED) is 0.662. The summed E-state index contributed by atoms with van der Waals surface area (Å²) < 4.78 is 0. The van der Waals surface area contributed by atoms with Gasteiger partial charge in [0.15, 0.2) is 0 Å². The minimum absolute atomic E-state index is 0.171. The molecule has 5 heteroatoms. The van der Waals surface area contributed by atoms with E-state index in [0.717, 1.165) is 11.1 Å². The molecule has 0 bridgehead atoms. The standard InChI is InChI=1S/C19H13Cl2N3/c1-11-5-2-3-6-12(11)17-9-14(15(10-22)19(23)24-17)13-7-4-8-16(20)18(13)21/h2-9H,1H3,(H2,23,24). The number of nitrogen functional groups attached to an aromatic ring is 1. The Morgan fingerprint density at radius 3 is 2.42 bits per heavy atom. The van der Waals surface area contributed by atoms with Crippen LogP contribution in [0.3, 0.4) is 0 Å². The van der Waals surface area contributed by atoms with Crippen LogP contribution in [0.15, 0.2) is 48.5 Å². The topological polar surface area (TPSA) is 62.7 Å². The normalized spacial score (nSPS) is 10.4. The van der Waals surface area contributed by atoms with Crippen LogP contribution in [0.5, 0.6) is 0 Å². The Hall–Kier alpha value is -2.54. The van der Waals surface area contributed by atoms with Crippen molar-refractivity contribution in [2.45, 2.75) is 6.92 Å². The number of aromatic nitrogens is 1. The van der Waals surface area contributed by atoms with E-state index in [2.05, 4.69) is 11.1 Å². The second kappa shape index (κ2) is 6.52. The highest BCUT2D eigenvalue weighted by molar-refractivity contribution is 6.43. The van der Waals surface area contributed by atoms with Gasteiger partial charge in [0.25, 0.3) is 0 Å². The Kier molecular flexibility index (Phi) is 4.44. The Morgan fingerprint density at radius 1 is 1.00 bits per heavy atom. The molecule has 0 aliphatic heterocycles. The Labute approximate surface area is 150 Å². The number of hydrogen-bond acceptors (Lipinski definition) is 3. The first-order chi connectivity index (χ1) is 11.5. The van der Waals surface area contributed by atoms with Crippen LogP contribution < -0.4 is 5.73 Å². The number of anilines is 1. The molecule has 0 amide bonds. The molecular formula is C19H13Cl2N3. The lowest BCUT2D eigenvalue weighted by Crippen LogP contribution is -2.00. The molecule has 24 heavy (non-hydrogen) atoms. The minimum atomic E-state index is 0.171. The van der Waals surface area contributed by atoms with Crippen LogP contribution in [0.1, 0.15) is 11.1 Å². The number of nitrogens with two attached hydrogens (primary N) is 1. The van der Waals surface area contributed by atoms with E-state index in [1.165, 1.54) is 0 Å². The van der Waals surface area contributed by atoms with Crippen LogP contribution in [-0.2, 0) is 0 Å². The van der Waals surface area contributed by atoms with Crippen LogP contribution in [0.2, 0.25) is 10.0 Å². The summed E-state index contributed by atoms with van der Waals surface area (Å²) in [7, 11) is 0. The van der Waals surface area contributed by atoms with Gasteiger partial charge in [0.1, 0.15) is 17.5 Å².